The van der Waals surface area contributed by atoms with E-state index in [2.05, 4.69) is 15.2 Å². The predicted octanol–water partition coefficient (Wildman–Crippen LogP) is 3.97. The van der Waals surface area contributed by atoms with Gasteiger partial charge in [-0.05, 0) is 66.8 Å². The van der Waals surface area contributed by atoms with Crippen molar-refractivity contribution in [2.75, 3.05) is 32.5 Å². The number of fused-ring (bicyclic) bond motifs is 1. The number of likely N-dealkylation sites (tertiary alicyclic amines) is 1. The van der Waals surface area contributed by atoms with Gasteiger partial charge in [-0.1, -0.05) is 29.0 Å². The van der Waals surface area contributed by atoms with E-state index in [0.29, 0.717) is 26.7 Å². The van der Waals surface area contributed by atoms with Crippen molar-refractivity contribution in [3.05, 3.63) is 41.1 Å². The van der Waals surface area contributed by atoms with Crippen LogP contribution < -0.4 is 5.32 Å². The summed E-state index contributed by atoms with van der Waals surface area (Å²) in [6.45, 7) is 9.63. The van der Waals surface area contributed by atoms with E-state index in [9.17, 15) is 9.59 Å². The fourth-order valence-corrected chi connectivity index (χ4v) is 5.11. The van der Waals surface area contributed by atoms with Crippen molar-refractivity contribution in [3.63, 3.8) is 0 Å². The molecule has 4 rings (SSSR count). The highest BCUT2D eigenvalue weighted by molar-refractivity contribution is 7.22. The molecule has 176 valence electrons. The van der Waals surface area contributed by atoms with Crippen molar-refractivity contribution in [3.8, 4) is 0 Å². The number of carbonyl (C=O) groups excluding carboxylic acids is 2. The van der Waals surface area contributed by atoms with Gasteiger partial charge in [0.05, 0.1) is 5.54 Å². The van der Waals surface area contributed by atoms with E-state index in [1.165, 1.54) is 11.3 Å². The van der Waals surface area contributed by atoms with Gasteiger partial charge in [-0.2, -0.15) is 10.1 Å². The number of benzene rings is 1. The molecule has 0 saturated carbocycles. The molecule has 0 unspecified atom stereocenters. The molecule has 0 aliphatic carbocycles. The van der Waals surface area contributed by atoms with Crippen molar-refractivity contribution in [2.24, 2.45) is 0 Å². The molecule has 3 heterocycles. The van der Waals surface area contributed by atoms with Gasteiger partial charge >= 0.3 is 0 Å². The van der Waals surface area contributed by atoms with Crippen molar-refractivity contribution in [1.29, 1.82) is 0 Å². The van der Waals surface area contributed by atoms with Crippen LogP contribution in [0, 0.1) is 6.92 Å². The molecule has 8 nitrogen and oxygen atoms in total. The molecule has 2 aromatic heterocycles. The summed E-state index contributed by atoms with van der Waals surface area (Å²) in [6, 6.07) is 7.57. The summed E-state index contributed by atoms with van der Waals surface area (Å²) in [4.78, 5) is 35.1. The van der Waals surface area contributed by atoms with Gasteiger partial charge in [0.2, 0.25) is 0 Å². The number of aryl methyl sites for hydroxylation is 1. The van der Waals surface area contributed by atoms with Gasteiger partial charge in [0.25, 0.3) is 11.8 Å². The Morgan fingerprint density at radius 3 is 2.55 bits per heavy atom. The first-order valence-corrected chi connectivity index (χ1v) is 12.1. The van der Waals surface area contributed by atoms with Crippen LogP contribution in [0.1, 0.15) is 60.0 Å². The summed E-state index contributed by atoms with van der Waals surface area (Å²) in [6.07, 6.45) is 1.99. The number of amides is 2. The largest absolute Gasteiger partial charge is 0.333 e. The molecule has 0 bridgehead atoms. The number of nitrogens with one attached hydrogen (secondary N) is 1. The fraction of sp³-hybridized carbons (Fsp3) is 0.500. The Balaban J connectivity index is 1.68. The maximum absolute atomic E-state index is 13.6. The van der Waals surface area contributed by atoms with Gasteiger partial charge < -0.3 is 9.80 Å². The first kappa shape index (κ1) is 23.4. The molecule has 3 aromatic rings. The second-order valence-electron chi connectivity index (χ2n) is 9.98. The Hall–Kier alpha value is -2.78. The number of anilines is 1. The Bertz CT molecular complexity index is 1170. The Morgan fingerprint density at radius 2 is 1.91 bits per heavy atom. The number of nitrogens with zero attached hydrogens (tertiary/aromatic N) is 5. The maximum Gasteiger partial charge on any atom is 0.276 e. The summed E-state index contributed by atoms with van der Waals surface area (Å²) in [5, 5.41) is 8.08. The van der Waals surface area contributed by atoms with E-state index in [4.69, 9.17) is 5.10 Å². The normalized spacial score (nSPS) is 16.7. The van der Waals surface area contributed by atoms with E-state index < -0.39 is 0 Å². The number of hydrogen-bond acceptors (Lipinski definition) is 6. The third-order valence-electron chi connectivity index (χ3n) is 5.81. The number of carbonyl (C=O) groups is 2. The van der Waals surface area contributed by atoms with Gasteiger partial charge in [-0.3, -0.25) is 14.9 Å². The zero-order valence-electron chi connectivity index (χ0n) is 20.2. The number of likely N-dealkylation sites (N-methyl/N-ethyl adjacent to an activating group) is 1. The molecular formula is C24H32N6O2S. The topological polar surface area (TPSA) is 83.4 Å². The minimum absolute atomic E-state index is 0.0626. The minimum Gasteiger partial charge on any atom is -0.333 e. The monoisotopic (exact) mass is 468 g/mol. The zero-order valence-corrected chi connectivity index (χ0v) is 21.0. The predicted molar refractivity (Wildman–Crippen MR) is 132 cm³/mol. The van der Waals surface area contributed by atoms with Crippen molar-refractivity contribution < 1.29 is 9.59 Å². The summed E-state index contributed by atoms with van der Waals surface area (Å²) < 4.78 is 2.51. The van der Waals surface area contributed by atoms with Crippen LogP contribution >= 0.6 is 11.3 Å². The van der Waals surface area contributed by atoms with E-state index in [0.717, 1.165) is 31.5 Å². The quantitative estimate of drug-likeness (QED) is 0.613. The summed E-state index contributed by atoms with van der Waals surface area (Å²) in [5.74, 6) is -0.285. The zero-order chi connectivity index (χ0) is 23.9. The van der Waals surface area contributed by atoms with Crippen molar-refractivity contribution in [2.45, 2.75) is 52.1 Å². The summed E-state index contributed by atoms with van der Waals surface area (Å²) >= 11 is 1.30. The molecule has 0 radical (unpaired) electrons. The van der Waals surface area contributed by atoms with Crippen LogP contribution in [0.4, 0.5) is 5.13 Å². The van der Waals surface area contributed by atoms with Crippen LogP contribution in [0.15, 0.2) is 24.3 Å². The van der Waals surface area contributed by atoms with E-state index in [1.54, 1.807) is 16.8 Å². The second kappa shape index (κ2) is 8.87. The Labute approximate surface area is 198 Å². The molecule has 1 aliphatic heterocycles. The molecule has 1 atom stereocenters. The smallest absolute Gasteiger partial charge is 0.276 e. The molecule has 9 heteroatoms. The first-order chi connectivity index (χ1) is 15.5. The van der Waals surface area contributed by atoms with Gasteiger partial charge in [0, 0.05) is 24.7 Å². The highest BCUT2D eigenvalue weighted by atomic mass is 32.1. The SMILES string of the molecule is Cc1ccc(C(=O)Nc2nc3c(s2)c(C(=O)N2CCC[C@H]2CN(C)C)nn3C(C)(C)C)cc1. The molecule has 2 amide bonds. The molecule has 1 fully saturated rings. The highest BCUT2D eigenvalue weighted by Crippen LogP contribution is 2.34. The van der Waals surface area contributed by atoms with Crippen LogP contribution in [0.5, 0.6) is 0 Å². The maximum atomic E-state index is 13.6. The van der Waals surface area contributed by atoms with E-state index in [1.807, 2.05) is 58.8 Å². The average molecular weight is 469 g/mol. The lowest BCUT2D eigenvalue weighted by molar-refractivity contribution is 0.0710. The van der Waals surface area contributed by atoms with Crippen LogP contribution in [0.25, 0.3) is 10.3 Å². The van der Waals surface area contributed by atoms with Crippen LogP contribution in [0.3, 0.4) is 0 Å². The fourth-order valence-electron chi connectivity index (χ4n) is 4.19. The lowest BCUT2D eigenvalue weighted by atomic mass is 10.1. The molecule has 1 aromatic carbocycles. The Kier molecular flexibility index (Phi) is 6.28. The van der Waals surface area contributed by atoms with Gasteiger partial charge in [-0.15, -0.1) is 0 Å². The summed E-state index contributed by atoms with van der Waals surface area (Å²) in [7, 11) is 4.05. The van der Waals surface area contributed by atoms with Crippen molar-refractivity contribution in [1.82, 2.24) is 24.6 Å². The van der Waals surface area contributed by atoms with Gasteiger partial charge in [0.15, 0.2) is 16.5 Å². The van der Waals surface area contributed by atoms with Crippen LogP contribution in [0.2, 0.25) is 0 Å². The lowest BCUT2D eigenvalue weighted by Crippen LogP contribution is -2.41. The van der Waals surface area contributed by atoms with E-state index in [-0.39, 0.29) is 23.4 Å². The molecule has 0 spiro atoms. The molecule has 1 aliphatic rings. The molecular weight excluding hydrogens is 436 g/mol. The van der Waals surface area contributed by atoms with Crippen molar-refractivity contribution >= 4 is 38.6 Å². The minimum atomic E-state index is -0.364. The standard InChI is InChI=1S/C24H32N6O2S/c1-15-9-11-16(12-10-15)21(31)26-23-25-20-19(33-23)18(27-30(20)24(2,3)4)22(32)29-13-7-8-17(29)14-28(5)6/h9-12,17H,7-8,13-14H2,1-6H3,(H,25,26,31)/t17-/m0/s1. The molecule has 33 heavy (non-hydrogen) atoms. The Morgan fingerprint density at radius 1 is 1.21 bits per heavy atom. The third-order valence-corrected chi connectivity index (χ3v) is 6.78. The van der Waals surface area contributed by atoms with Crippen LogP contribution in [-0.4, -0.2) is 69.6 Å². The highest BCUT2D eigenvalue weighted by Gasteiger charge is 2.34. The number of rotatable bonds is 5. The van der Waals surface area contributed by atoms with E-state index >= 15 is 0 Å². The van der Waals surface area contributed by atoms with Gasteiger partial charge in [0.1, 0.15) is 4.70 Å². The van der Waals surface area contributed by atoms with Gasteiger partial charge in [-0.25, -0.2) is 4.68 Å². The lowest BCUT2D eigenvalue weighted by Gasteiger charge is -2.26. The van der Waals surface area contributed by atoms with Crippen LogP contribution in [-0.2, 0) is 5.54 Å². The molecule has 1 N–H and O–H groups in total. The third kappa shape index (κ3) is 4.79. The number of aromatic nitrogens is 3. The summed E-state index contributed by atoms with van der Waals surface area (Å²) in [5.41, 5.74) is 2.33. The second-order valence-corrected chi connectivity index (χ2v) is 11.0. The first-order valence-electron chi connectivity index (χ1n) is 11.3. The number of hydrogen-bond donors (Lipinski definition) is 1. The number of thiazole rings is 1. The molecule has 1 saturated heterocycles. The average Bonchev–Trinajstić information content (AvgIpc) is 3.42.